The van der Waals surface area contributed by atoms with E-state index < -0.39 is 0 Å². The minimum absolute atomic E-state index is 0.137. The number of nitrogens with one attached hydrogen (secondary N) is 2. The molecule has 2 N–H and O–H groups in total. The topological polar surface area (TPSA) is 58.2 Å². The summed E-state index contributed by atoms with van der Waals surface area (Å²) in [5.41, 5.74) is 1.61. The molecule has 0 atom stereocenters. The van der Waals surface area contributed by atoms with Gasteiger partial charge in [-0.05, 0) is 42.5 Å². The lowest BCUT2D eigenvalue weighted by molar-refractivity contribution is -0.116. The van der Waals surface area contributed by atoms with Crippen molar-refractivity contribution in [3.63, 3.8) is 0 Å². The monoisotopic (exact) mass is 320 g/mol. The molecule has 0 saturated heterocycles. The van der Waals surface area contributed by atoms with Gasteiger partial charge in [-0.25, -0.2) is 4.39 Å². The van der Waals surface area contributed by atoms with E-state index in [1.165, 1.54) is 17.4 Å². The number of benzene rings is 1. The summed E-state index contributed by atoms with van der Waals surface area (Å²) in [5.74, 6) is -0.684. The lowest BCUT2D eigenvalue weighted by Crippen LogP contribution is -2.25. The van der Waals surface area contributed by atoms with Gasteiger partial charge in [0, 0.05) is 29.6 Å². The van der Waals surface area contributed by atoms with Gasteiger partial charge in [-0.1, -0.05) is 6.07 Å². The van der Waals surface area contributed by atoms with Crippen LogP contribution in [-0.2, 0) is 4.79 Å². The van der Waals surface area contributed by atoms with E-state index in [1.54, 1.807) is 30.5 Å². The second-order valence-corrected chi connectivity index (χ2v) is 5.66. The predicted molar refractivity (Wildman–Crippen MR) is 85.7 cm³/mol. The van der Waals surface area contributed by atoms with Gasteiger partial charge in [-0.2, -0.15) is 11.3 Å². The molecule has 0 radical (unpaired) electrons. The number of hydrogen-bond acceptors (Lipinski definition) is 3. The van der Waals surface area contributed by atoms with Crippen molar-refractivity contribution in [3.05, 3.63) is 52.0 Å². The van der Waals surface area contributed by atoms with Gasteiger partial charge in [-0.15, -0.1) is 0 Å². The molecule has 0 aliphatic rings. The van der Waals surface area contributed by atoms with Gasteiger partial charge >= 0.3 is 0 Å². The van der Waals surface area contributed by atoms with Crippen LogP contribution in [-0.4, -0.2) is 18.4 Å². The molecule has 116 valence electrons. The first-order chi connectivity index (χ1) is 10.6. The van der Waals surface area contributed by atoms with Crippen LogP contribution in [0.5, 0.6) is 0 Å². The molecule has 6 heteroatoms. The summed E-state index contributed by atoms with van der Waals surface area (Å²) in [7, 11) is 0. The smallest absolute Gasteiger partial charge is 0.252 e. The Morgan fingerprint density at radius 1 is 1.27 bits per heavy atom. The molecular formula is C16H17FN2O2S. The highest BCUT2D eigenvalue weighted by molar-refractivity contribution is 7.08. The zero-order chi connectivity index (χ0) is 15.9. The fraction of sp³-hybridized carbons (Fsp3) is 0.250. The standard InChI is InChI=1S/C16H17FN2O2S/c1-11-4-5-13(9-14(11)17)19-15(20)3-2-7-18-16(21)12-6-8-22-10-12/h4-6,8-10H,2-3,7H2,1H3,(H,18,21)(H,19,20). The molecule has 2 amide bonds. The van der Waals surface area contributed by atoms with E-state index in [4.69, 9.17) is 0 Å². The lowest BCUT2D eigenvalue weighted by atomic mass is 10.2. The minimum Gasteiger partial charge on any atom is -0.352 e. The number of rotatable bonds is 6. The third-order valence-corrected chi connectivity index (χ3v) is 3.79. The van der Waals surface area contributed by atoms with Gasteiger partial charge < -0.3 is 10.6 Å². The fourth-order valence-corrected chi connectivity index (χ4v) is 2.48. The van der Waals surface area contributed by atoms with Crippen molar-refractivity contribution in [1.29, 1.82) is 0 Å². The van der Waals surface area contributed by atoms with Crippen molar-refractivity contribution in [1.82, 2.24) is 5.32 Å². The minimum atomic E-state index is -0.346. The molecule has 0 unspecified atom stereocenters. The molecule has 0 saturated carbocycles. The number of hydrogen-bond donors (Lipinski definition) is 2. The Labute approximate surface area is 132 Å². The molecule has 0 fully saturated rings. The zero-order valence-corrected chi connectivity index (χ0v) is 13.0. The van der Waals surface area contributed by atoms with Crippen molar-refractivity contribution < 1.29 is 14.0 Å². The Hall–Kier alpha value is -2.21. The van der Waals surface area contributed by atoms with Gasteiger partial charge in [0.2, 0.25) is 5.91 Å². The van der Waals surface area contributed by atoms with Crippen LogP contribution in [0.1, 0.15) is 28.8 Å². The van der Waals surface area contributed by atoms with Crippen molar-refractivity contribution >= 4 is 28.8 Å². The molecular weight excluding hydrogens is 303 g/mol. The van der Waals surface area contributed by atoms with E-state index in [0.717, 1.165) is 0 Å². The molecule has 2 rings (SSSR count). The van der Waals surface area contributed by atoms with E-state index in [-0.39, 0.29) is 24.1 Å². The van der Waals surface area contributed by atoms with E-state index >= 15 is 0 Å². The first kappa shape index (κ1) is 16.2. The van der Waals surface area contributed by atoms with E-state index in [9.17, 15) is 14.0 Å². The van der Waals surface area contributed by atoms with Crippen LogP contribution in [0.25, 0.3) is 0 Å². The van der Waals surface area contributed by atoms with Crippen molar-refractivity contribution in [2.24, 2.45) is 0 Å². The van der Waals surface area contributed by atoms with Gasteiger partial charge in [0.05, 0.1) is 0 Å². The number of amides is 2. The highest BCUT2D eigenvalue weighted by atomic mass is 32.1. The quantitative estimate of drug-likeness (QED) is 0.802. The average molecular weight is 320 g/mol. The molecule has 1 aromatic carbocycles. The lowest BCUT2D eigenvalue weighted by Gasteiger charge is -2.07. The number of carbonyl (C=O) groups excluding carboxylic acids is 2. The Kier molecular flexibility index (Phi) is 5.66. The van der Waals surface area contributed by atoms with Crippen molar-refractivity contribution in [2.75, 3.05) is 11.9 Å². The Morgan fingerprint density at radius 2 is 2.09 bits per heavy atom. The molecule has 1 aromatic heterocycles. The highest BCUT2D eigenvalue weighted by Crippen LogP contribution is 2.13. The third kappa shape index (κ3) is 4.66. The molecule has 22 heavy (non-hydrogen) atoms. The number of thiophene rings is 1. The maximum atomic E-state index is 13.4. The first-order valence-corrected chi connectivity index (χ1v) is 7.87. The van der Waals surface area contributed by atoms with Gasteiger partial charge in [0.1, 0.15) is 5.82 Å². The highest BCUT2D eigenvalue weighted by Gasteiger charge is 2.07. The summed E-state index contributed by atoms with van der Waals surface area (Å²) in [6.45, 7) is 2.08. The summed E-state index contributed by atoms with van der Waals surface area (Å²) in [6.07, 6.45) is 0.787. The number of halogens is 1. The summed E-state index contributed by atoms with van der Waals surface area (Å²) >= 11 is 1.46. The number of aryl methyl sites for hydroxylation is 1. The van der Waals surface area contributed by atoms with Crippen LogP contribution in [0.3, 0.4) is 0 Å². The van der Waals surface area contributed by atoms with Crippen molar-refractivity contribution in [3.8, 4) is 0 Å². The number of carbonyl (C=O) groups is 2. The molecule has 0 spiro atoms. The first-order valence-electron chi connectivity index (χ1n) is 6.92. The summed E-state index contributed by atoms with van der Waals surface area (Å²) in [4.78, 5) is 23.4. The normalized spacial score (nSPS) is 10.3. The van der Waals surface area contributed by atoms with Crippen LogP contribution < -0.4 is 10.6 Å². The van der Waals surface area contributed by atoms with E-state index in [0.29, 0.717) is 29.8 Å². The van der Waals surface area contributed by atoms with Crippen LogP contribution in [0, 0.1) is 12.7 Å². The van der Waals surface area contributed by atoms with Gasteiger partial charge in [0.25, 0.3) is 5.91 Å². The van der Waals surface area contributed by atoms with Crippen LogP contribution in [0.2, 0.25) is 0 Å². The molecule has 0 aliphatic carbocycles. The average Bonchev–Trinajstić information content (AvgIpc) is 3.01. The summed E-state index contributed by atoms with van der Waals surface area (Å²) in [5, 5.41) is 8.99. The van der Waals surface area contributed by atoms with E-state index in [2.05, 4.69) is 10.6 Å². The third-order valence-electron chi connectivity index (χ3n) is 3.11. The molecule has 2 aromatic rings. The molecule has 0 aliphatic heterocycles. The Balaban J connectivity index is 1.69. The maximum Gasteiger partial charge on any atom is 0.252 e. The summed E-state index contributed by atoms with van der Waals surface area (Å²) in [6, 6.07) is 6.32. The fourth-order valence-electron chi connectivity index (χ4n) is 1.84. The second kappa shape index (κ2) is 7.70. The molecule has 1 heterocycles. The van der Waals surface area contributed by atoms with Crippen LogP contribution >= 0.6 is 11.3 Å². The molecule has 0 bridgehead atoms. The largest absolute Gasteiger partial charge is 0.352 e. The second-order valence-electron chi connectivity index (χ2n) is 4.88. The zero-order valence-electron chi connectivity index (χ0n) is 12.2. The Bertz CT molecular complexity index is 656. The SMILES string of the molecule is Cc1ccc(NC(=O)CCCNC(=O)c2ccsc2)cc1F. The maximum absolute atomic E-state index is 13.4. The van der Waals surface area contributed by atoms with Gasteiger partial charge in [-0.3, -0.25) is 9.59 Å². The van der Waals surface area contributed by atoms with Crippen molar-refractivity contribution in [2.45, 2.75) is 19.8 Å². The van der Waals surface area contributed by atoms with Crippen LogP contribution in [0.4, 0.5) is 10.1 Å². The Morgan fingerprint density at radius 3 is 2.77 bits per heavy atom. The molecule has 4 nitrogen and oxygen atoms in total. The van der Waals surface area contributed by atoms with Gasteiger partial charge in [0.15, 0.2) is 0 Å². The van der Waals surface area contributed by atoms with Crippen LogP contribution in [0.15, 0.2) is 35.0 Å². The summed E-state index contributed by atoms with van der Waals surface area (Å²) < 4.78 is 13.4. The number of anilines is 1. The predicted octanol–water partition coefficient (Wildman–Crippen LogP) is 3.34. The van der Waals surface area contributed by atoms with E-state index in [1.807, 2.05) is 5.38 Å².